The number of aromatic nitrogens is 2. The summed E-state index contributed by atoms with van der Waals surface area (Å²) in [6.07, 6.45) is -0.853. The predicted octanol–water partition coefficient (Wildman–Crippen LogP) is 4.08. The fraction of sp³-hybridized carbons (Fsp3) is 0.522. The number of alkyl halides is 5. The summed E-state index contributed by atoms with van der Waals surface area (Å²) in [6.45, 7) is 0.572. The number of carbonyl (C=O) groups is 1. The minimum absolute atomic E-state index is 0.0944. The van der Waals surface area contributed by atoms with Crippen molar-refractivity contribution >= 4 is 40.2 Å². The molecule has 9 nitrogen and oxygen atoms in total. The van der Waals surface area contributed by atoms with E-state index < -0.39 is 44.1 Å². The number of pyridine rings is 1. The third-order valence-corrected chi connectivity index (χ3v) is 6.94. The largest absolute Gasteiger partial charge is 0.473 e. The summed E-state index contributed by atoms with van der Waals surface area (Å²) in [7, 11) is 0. The number of nitrogens with one attached hydrogen (secondary N) is 2. The van der Waals surface area contributed by atoms with E-state index in [2.05, 4.69) is 30.0 Å². The lowest BCUT2D eigenvalue weighted by molar-refractivity contribution is -0.144. The average molecular weight is 560 g/mol. The van der Waals surface area contributed by atoms with E-state index in [9.17, 15) is 26.7 Å². The summed E-state index contributed by atoms with van der Waals surface area (Å²) in [4.78, 5) is 26.3. The van der Waals surface area contributed by atoms with Crippen molar-refractivity contribution in [1.29, 1.82) is 0 Å². The van der Waals surface area contributed by atoms with Crippen LogP contribution in [0, 0.1) is 6.92 Å². The van der Waals surface area contributed by atoms with E-state index in [-0.39, 0.29) is 17.5 Å². The van der Waals surface area contributed by atoms with Crippen LogP contribution in [-0.4, -0.2) is 89.6 Å². The van der Waals surface area contributed by atoms with Gasteiger partial charge in [-0.2, -0.15) is 17.5 Å². The number of halogens is 5. The number of anilines is 2. The third-order valence-electron chi connectivity index (χ3n) is 6.08. The number of aliphatic imine (C=N–C) groups is 2. The number of ether oxygens (including phenoxy) is 1. The average Bonchev–Trinajstić information content (AvgIpc) is 3.26. The first-order valence-electron chi connectivity index (χ1n) is 11.9. The Hall–Kier alpha value is -3.20. The molecule has 0 radical (unpaired) electrons. The maximum atomic E-state index is 13.0. The van der Waals surface area contributed by atoms with Crippen molar-refractivity contribution in [3.63, 3.8) is 0 Å². The zero-order valence-corrected chi connectivity index (χ0v) is 21.2. The molecule has 2 aliphatic heterocycles. The molecule has 0 aromatic carbocycles. The van der Waals surface area contributed by atoms with Gasteiger partial charge in [-0.3, -0.25) is 19.7 Å². The predicted molar refractivity (Wildman–Crippen MR) is 134 cm³/mol. The van der Waals surface area contributed by atoms with Crippen LogP contribution in [0.3, 0.4) is 0 Å². The summed E-state index contributed by atoms with van der Waals surface area (Å²) in [5, 5.41) is 5.85. The molecule has 2 aromatic heterocycles. The molecule has 1 fully saturated rings. The Bertz CT molecular complexity index is 1170. The maximum absolute atomic E-state index is 13.0. The number of likely N-dealkylation sites (tertiary alicyclic amines) is 1. The third kappa shape index (κ3) is 6.81. The highest BCUT2D eigenvalue weighted by Gasteiger charge is 2.40. The minimum Gasteiger partial charge on any atom is -0.473 e. The lowest BCUT2D eigenvalue weighted by Gasteiger charge is -2.35. The number of carbonyl (C=O) groups excluding carboxylic acids is 1. The van der Waals surface area contributed by atoms with Crippen LogP contribution in [0.5, 0.6) is 5.88 Å². The van der Waals surface area contributed by atoms with Gasteiger partial charge in [0.25, 0.3) is 5.91 Å². The molecule has 2 unspecified atom stereocenters. The zero-order valence-electron chi connectivity index (χ0n) is 20.3. The van der Waals surface area contributed by atoms with Gasteiger partial charge in [0.2, 0.25) is 5.88 Å². The van der Waals surface area contributed by atoms with Gasteiger partial charge >= 0.3 is 6.18 Å². The molecule has 0 saturated carbocycles. The molecular weight excluding hydrogens is 533 g/mol. The van der Waals surface area contributed by atoms with Crippen molar-refractivity contribution in [1.82, 2.24) is 14.3 Å². The standard InChI is InChI=1S/C23H26F5N7O2S/c1-13-20(22(38-34-13)33-18-11-29-17(10-30-18)23(26,27)28)21(36)32-14-4-5-19(31-9-14)37-16-3-2-6-35(12-16)15(7-24)8-25/h4-5,9,11,15-17H,2-3,6-8,10,12H2,1H3,(H,30,33)(H,32,36). The molecule has 2 aliphatic rings. The summed E-state index contributed by atoms with van der Waals surface area (Å²) in [5.41, 5.74) is 1.01. The van der Waals surface area contributed by atoms with Gasteiger partial charge in [-0.1, -0.05) is 0 Å². The van der Waals surface area contributed by atoms with Crippen molar-refractivity contribution < 1.29 is 31.5 Å². The molecule has 1 saturated heterocycles. The number of hydrogen-bond acceptors (Lipinski definition) is 9. The second-order valence-corrected chi connectivity index (χ2v) is 9.61. The number of nitrogens with zero attached hydrogens (tertiary/aromatic N) is 5. The van der Waals surface area contributed by atoms with Crippen LogP contribution in [0.25, 0.3) is 0 Å². The Morgan fingerprint density at radius 3 is 2.71 bits per heavy atom. The molecule has 4 heterocycles. The van der Waals surface area contributed by atoms with Gasteiger partial charge in [0.05, 0.1) is 41.9 Å². The number of aryl methyl sites for hydroxylation is 1. The second-order valence-electron chi connectivity index (χ2n) is 8.84. The summed E-state index contributed by atoms with van der Waals surface area (Å²) >= 11 is 0.969. The van der Waals surface area contributed by atoms with Crippen LogP contribution in [-0.2, 0) is 0 Å². The van der Waals surface area contributed by atoms with Crippen LogP contribution < -0.4 is 15.4 Å². The van der Waals surface area contributed by atoms with Gasteiger partial charge in [0, 0.05) is 12.6 Å². The Morgan fingerprint density at radius 2 is 2.08 bits per heavy atom. The number of piperidine rings is 1. The molecular formula is C23H26F5N7O2S. The molecule has 0 aliphatic carbocycles. The summed E-state index contributed by atoms with van der Waals surface area (Å²) in [5.74, 6) is -0.0893. The van der Waals surface area contributed by atoms with Crippen LogP contribution in [0.2, 0.25) is 0 Å². The molecule has 15 heteroatoms. The Labute approximate surface area is 219 Å². The van der Waals surface area contributed by atoms with E-state index in [0.29, 0.717) is 35.4 Å². The van der Waals surface area contributed by atoms with E-state index >= 15 is 0 Å². The smallest absolute Gasteiger partial charge is 0.412 e. The van der Waals surface area contributed by atoms with Gasteiger partial charge in [0.1, 0.15) is 30.3 Å². The monoisotopic (exact) mass is 559 g/mol. The van der Waals surface area contributed by atoms with Crippen molar-refractivity contribution in [3.05, 3.63) is 29.6 Å². The second kappa shape index (κ2) is 12.1. The van der Waals surface area contributed by atoms with Crippen LogP contribution >= 0.6 is 11.5 Å². The topological polar surface area (TPSA) is 104 Å². The first-order valence-corrected chi connectivity index (χ1v) is 12.6. The van der Waals surface area contributed by atoms with E-state index in [1.807, 2.05) is 0 Å². The number of hydrogen-bond donors (Lipinski definition) is 2. The van der Waals surface area contributed by atoms with Gasteiger partial charge in [-0.25, -0.2) is 13.8 Å². The van der Waals surface area contributed by atoms with E-state index in [1.165, 1.54) is 6.20 Å². The fourth-order valence-electron chi connectivity index (χ4n) is 4.05. The van der Waals surface area contributed by atoms with Gasteiger partial charge in [0.15, 0.2) is 6.04 Å². The lowest BCUT2D eigenvalue weighted by atomic mass is 10.1. The molecule has 2 N–H and O–H groups in total. The van der Waals surface area contributed by atoms with E-state index in [1.54, 1.807) is 24.0 Å². The highest BCUT2D eigenvalue weighted by Crippen LogP contribution is 2.28. The first kappa shape index (κ1) is 27.8. The quantitative estimate of drug-likeness (QED) is 0.473. The van der Waals surface area contributed by atoms with Crippen molar-refractivity contribution in [2.45, 2.75) is 44.1 Å². The summed E-state index contributed by atoms with van der Waals surface area (Å²) in [6, 6.07) is 0.524. The van der Waals surface area contributed by atoms with Gasteiger partial charge < -0.3 is 15.4 Å². The SMILES string of the molecule is Cc1nsc(NC2=NCC(C(F)(F)F)N=C2)c1C(=O)Nc1ccc(OC2CCCN(C(CF)CF)C2)nc1. The van der Waals surface area contributed by atoms with Crippen LogP contribution in [0.15, 0.2) is 28.3 Å². The molecule has 0 bridgehead atoms. The van der Waals surface area contributed by atoms with E-state index in [4.69, 9.17) is 4.74 Å². The lowest BCUT2D eigenvalue weighted by Crippen LogP contribution is -2.48. The van der Waals surface area contributed by atoms with Crippen molar-refractivity contribution in [3.8, 4) is 5.88 Å². The molecule has 0 spiro atoms. The molecule has 38 heavy (non-hydrogen) atoms. The summed E-state index contributed by atoms with van der Waals surface area (Å²) < 4.78 is 74.5. The molecule has 206 valence electrons. The highest BCUT2D eigenvalue weighted by molar-refractivity contribution is 7.11. The van der Waals surface area contributed by atoms with E-state index in [0.717, 1.165) is 30.6 Å². The van der Waals surface area contributed by atoms with Gasteiger partial charge in [-0.05, 0) is 43.9 Å². The number of amidine groups is 1. The highest BCUT2D eigenvalue weighted by atomic mass is 32.1. The molecule has 2 atom stereocenters. The van der Waals surface area contributed by atoms with Gasteiger partial charge in [-0.15, -0.1) is 0 Å². The molecule has 2 aromatic rings. The maximum Gasteiger partial charge on any atom is 0.412 e. The Balaban J connectivity index is 1.35. The first-order chi connectivity index (χ1) is 18.2. The minimum atomic E-state index is -4.48. The number of amides is 1. The zero-order chi connectivity index (χ0) is 27.3. The van der Waals surface area contributed by atoms with Crippen LogP contribution in [0.1, 0.15) is 28.9 Å². The number of rotatable bonds is 8. The molecule has 4 rings (SSSR count). The van der Waals surface area contributed by atoms with Crippen LogP contribution in [0.4, 0.5) is 32.6 Å². The Kier molecular flexibility index (Phi) is 8.87. The molecule has 1 amide bonds. The normalized spacial score (nSPS) is 20.3. The van der Waals surface area contributed by atoms with Crippen molar-refractivity contribution in [2.75, 3.05) is 43.6 Å². The van der Waals surface area contributed by atoms with Crippen molar-refractivity contribution in [2.24, 2.45) is 9.98 Å². The Morgan fingerprint density at radius 1 is 1.29 bits per heavy atom. The fourth-order valence-corrected chi connectivity index (χ4v) is 4.85.